The van der Waals surface area contributed by atoms with Gasteiger partial charge in [0.1, 0.15) is 18.7 Å². The molecule has 0 bridgehead atoms. The van der Waals surface area contributed by atoms with Crippen molar-refractivity contribution in [1.82, 2.24) is 10.6 Å². The summed E-state index contributed by atoms with van der Waals surface area (Å²) < 4.78 is 5.24. The van der Waals surface area contributed by atoms with Crippen LogP contribution in [0.4, 0.5) is 4.79 Å². The van der Waals surface area contributed by atoms with Gasteiger partial charge in [-0.05, 0) is 28.8 Å². The molecule has 0 unspecified atom stereocenters. The number of hydrogen-bond donors (Lipinski definition) is 3. The average molecular weight is 472 g/mol. The lowest BCUT2D eigenvalue weighted by Gasteiger charge is -2.21. The maximum atomic E-state index is 13.1. The molecule has 0 aliphatic rings. The highest BCUT2D eigenvalue weighted by molar-refractivity contribution is 5.89. The highest BCUT2D eigenvalue weighted by atomic mass is 16.5. The number of amides is 2. The van der Waals surface area contributed by atoms with E-state index in [2.05, 4.69) is 10.6 Å². The first-order valence-corrected chi connectivity index (χ1v) is 11.0. The van der Waals surface area contributed by atoms with Crippen LogP contribution in [0.25, 0.3) is 0 Å². The Morgan fingerprint density at radius 2 is 1.31 bits per heavy atom. The molecule has 2 atom stereocenters. The van der Waals surface area contributed by atoms with Gasteiger partial charge in [-0.2, -0.15) is 5.26 Å². The number of alkyl carbamates (subject to hydrolysis) is 1. The number of nitrogens with zero attached hydrogens (tertiary/aromatic N) is 1. The number of nitrogens with one attached hydrogen (secondary N) is 2. The zero-order valence-corrected chi connectivity index (χ0v) is 18.9. The van der Waals surface area contributed by atoms with E-state index in [1.54, 1.807) is 24.3 Å². The van der Waals surface area contributed by atoms with Crippen molar-refractivity contribution in [2.75, 3.05) is 0 Å². The fraction of sp³-hybridized carbons (Fsp3) is 0.185. The van der Waals surface area contributed by atoms with E-state index in [1.807, 2.05) is 66.7 Å². The fourth-order valence-corrected chi connectivity index (χ4v) is 3.39. The number of nitriles is 1. The number of benzene rings is 3. The van der Waals surface area contributed by atoms with Crippen LogP contribution in [0.2, 0.25) is 0 Å². The molecule has 0 saturated carbocycles. The Morgan fingerprint density at radius 1 is 0.771 bits per heavy atom. The van der Waals surface area contributed by atoms with Crippen LogP contribution in [0.5, 0.6) is 0 Å². The van der Waals surface area contributed by atoms with Gasteiger partial charge in [0.05, 0.1) is 11.6 Å². The molecule has 35 heavy (non-hydrogen) atoms. The quantitative estimate of drug-likeness (QED) is 0.417. The van der Waals surface area contributed by atoms with Gasteiger partial charge in [-0.15, -0.1) is 0 Å². The number of rotatable bonds is 10. The van der Waals surface area contributed by atoms with Crippen molar-refractivity contribution in [3.8, 4) is 6.07 Å². The van der Waals surface area contributed by atoms with E-state index in [-0.39, 0.29) is 19.4 Å². The third-order valence-electron chi connectivity index (χ3n) is 5.24. The summed E-state index contributed by atoms with van der Waals surface area (Å²) in [7, 11) is 0. The van der Waals surface area contributed by atoms with Gasteiger partial charge in [-0.3, -0.25) is 4.79 Å². The molecule has 3 rings (SSSR count). The van der Waals surface area contributed by atoms with E-state index < -0.39 is 30.1 Å². The minimum absolute atomic E-state index is 0.0172. The van der Waals surface area contributed by atoms with Crippen LogP contribution in [0, 0.1) is 11.3 Å². The largest absolute Gasteiger partial charge is 0.480 e. The Hall–Kier alpha value is -4.64. The molecule has 3 N–H and O–H groups in total. The zero-order chi connectivity index (χ0) is 25.0. The molecule has 0 heterocycles. The maximum absolute atomic E-state index is 13.1. The van der Waals surface area contributed by atoms with Crippen molar-refractivity contribution >= 4 is 18.0 Å². The molecule has 0 aliphatic heterocycles. The normalized spacial score (nSPS) is 12.0. The minimum atomic E-state index is -1.23. The van der Waals surface area contributed by atoms with Crippen molar-refractivity contribution in [1.29, 1.82) is 5.26 Å². The van der Waals surface area contributed by atoms with Gasteiger partial charge < -0.3 is 20.5 Å². The van der Waals surface area contributed by atoms with Crippen molar-refractivity contribution in [3.05, 3.63) is 107 Å². The Morgan fingerprint density at radius 3 is 1.89 bits per heavy atom. The summed E-state index contributed by atoms with van der Waals surface area (Å²) in [5.41, 5.74) is 2.67. The van der Waals surface area contributed by atoms with Crippen molar-refractivity contribution < 1.29 is 24.2 Å². The highest BCUT2D eigenvalue weighted by Gasteiger charge is 2.27. The minimum Gasteiger partial charge on any atom is -0.480 e. The molecule has 0 spiro atoms. The summed E-state index contributed by atoms with van der Waals surface area (Å²) in [5, 5.41) is 23.7. The summed E-state index contributed by atoms with van der Waals surface area (Å²) >= 11 is 0. The Balaban J connectivity index is 1.69. The standard InChI is InChI=1S/C27H25N3O5/c28-17-21-13-11-20(12-14-21)16-24(26(32)33)29-25(31)23(15-19-7-3-1-4-8-19)30-27(34)35-18-22-9-5-2-6-10-22/h1-14,23-24H,15-16,18H2,(H,29,31)(H,30,34)(H,32,33)/t23-,24-/m0/s1. The van der Waals surface area contributed by atoms with Gasteiger partial charge in [0, 0.05) is 12.8 Å². The average Bonchev–Trinajstić information content (AvgIpc) is 2.88. The van der Waals surface area contributed by atoms with Crippen molar-refractivity contribution in [2.45, 2.75) is 31.5 Å². The molecule has 2 amide bonds. The second-order valence-electron chi connectivity index (χ2n) is 7.86. The van der Waals surface area contributed by atoms with Crippen LogP contribution in [0.15, 0.2) is 84.9 Å². The van der Waals surface area contributed by atoms with Gasteiger partial charge >= 0.3 is 12.1 Å². The lowest BCUT2D eigenvalue weighted by atomic mass is 10.0. The zero-order valence-electron chi connectivity index (χ0n) is 18.9. The van der Waals surface area contributed by atoms with Crippen LogP contribution >= 0.6 is 0 Å². The molecule has 178 valence electrons. The first-order chi connectivity index (χ1) is 16.9. The third-order valence-corrected chi connectivity index (χ3v) is 5.24. The SMILES string of the molecule is N#Cc1ccc(C[C@H](NC(=O)[C@H](Cc2ccccc2)NC(=O)OCc2ccccc2)C(=O)O)cc1. The Kier molecular flexibility index (Phi) is 8.97. The Labute approximate surface area is 203 Å². The summed E-state index contributed by atoms with van der Waals surface area (Å²) in [6, 6.07) is 24.3. The molecule has 0 aliphatic carbocycles. The van der Waals surface area contributed by atoms with Crippen LogP contribution in [0.1, 0.15) is 22.3 Å². The van der Waals surface area contributed by atoms with Crippen LogP contribution in [0.3, 0.4) is 0 Å². The lowest BCUT2D eigenvalue weighted by molar-refractivity contribution is -0.142. The molecule has 3 aromatic carbocycles. The number of hydrogen-bond acceptors (Lipinski definition) is 5. The molecule has 8 nitrogen and oxygen atoms in total. The molecule has 3 aromatic rings. The molecular formula is C27H25N3O5. The Bertz CT molecular complexity index is 1170. The maximum Gasteiger partial charge on any atom is 0.408 e. The first-order valence-electron chi connectivity index (χ1n) is 11.0. The van der Waals surface area contributed by atoms with E-state index in [1.165, 1.54) is 0 Å². The smallest absolute Gasteiger partial charge is 0.408 e. The van der Waals surface area contributed by atoms with E-state index in [4.69, 9.17) is 10.00 Å². The fourth-order valence-electron chi connectivity index (χ4n) is 3.39. The predicted octanol–water partition coefficient (Wildman–Crippen LogP) is 3.21. The number of carbonyl (C=O) groups is 3. The summed E-state index contributed by atoms with van der Waals surface area (Å²) in [5.74, 6) is -1.86. The number of ether oxygens (including phenoxy) is 1. The van der Waals surface area contributed by atoms with Gasteiger partial charge in [0.25, 0.3) is 0 Å². The van der Waals surface area contributed by atoms with Crippen molar-refractivity contribution in [2.24, 2.45) is 0 Å². The second-order valence-corrected chi connectivity index (χ2v) is 7.86. The second kappa shape index (κ2) is 12.6. The van der Waals surface area contributed by atoms with Gasteiger partial charge in [-0.1, -0.05) is 72.8 Å². The summed E-state index contributed by atoms with van der Waals surface area (Å²) in [4.78, 5) is 37.4. The first kappa shape index (κ1) is 25.0. The molecule has 8 heteroatoms. The number of carbonyl (C=O) groups excluding carboxylic acids is 2. The highest BCUT2D eigenvalue weighted by Crippen LogP contribution is 2.09. The van der Waals surface area contributed by atoms with Crippen LogP contribution < -0.4 is 10.6 Å². The lowest BCUT2D eigenvalue weighted by Crippen LogP contribution is -2.53. The summed E-state index contributed by atoms with van der Waals surface area (Å²) in [6.45, 7) is 0.0305. The molecule has 0 fully saturated rings. The number of carboxylic acids is 1. The van der Waals surface area contributed by atoms with E-state index >= 15 is 0 Å². The number of aliphatic carboxylic acids is 1. The van der Waals surface area contributed by atoms with Crippen LogP contribution in [-0.2, 0) is 33.8 Å². The third kappa shape index (κ3) is 8.02. The van der Waals surface area contributed by atoms with E-state index in [9.17, 15) is 19.5 Å². The predicted molar refractivity (Wildman–Crippen MR) is 128 cm³/mol. The summed E-state index contributed by atoms with van der Waals surface area (Å²) in [6.07, 6.45) is -0.622. The van der Waals surface area contributed by atoms with Gasteiger partial charge in [0.15, 0.2) is 0 Å². The van der Waals surface area contributed by atoms with E-state index in [0.717, 1.165) is 11.1 Å². The molecule has 0 aromatic heterocycles. The van der Waals surface area contributed by atoms with Gasteiger partial charge in [0.2, 0.25) is 5.91 Å². The number of carboxylic acid groups (broad SMARTS) is 1. The monoisotopic (exact) mass is 471 g/mol. The molecular weight excluding hydrogens is 446 g/mol. The van der Waals surface area contributed by atoms with Gasteiger partial charge in [-0.25, -0.2) is 9.59 Å². The topological polar surface area (TPSA) is 129 Å². The molecule has 0 radical (unpaired) electrons. The van der Waals surface area contributed by atoms with E-state index in [0.29, 0.717) is 11.1 Å². The molecule has 0 saturated heterocycles. The van der Waals surface area contributed by atoms with Crippen LogP contribution in [-0.4, -0.2) is 35.2 Å². The van der Waals surface area contributed by atoms with Crippen molar-refractivity contribution in [3.63, 3.8) is 0 Å².